The molecule has 0 unspecified atom stereocenters. The molecule has 0 amide bonds. The fourth-order valence-electron chi connectivity index (χ4n) is 2.46. The maximum atomic E-state index is 5.93. The van der Waals surface area contributed by atoms with Crippen molar-refractivity contribution in [3.63, 3.8) is 0 Å². The summed E-state index contributed by atoms with van der Waals surface area (Å²) in [6.45, 7) is 5.02. The summed E-state index contributed by atoms with van der Waals surface area (Å²) >= 11 is 7.71. The van der Waals surface area contributed by atoms with Gasteiger partial charge in [0, 0.05) is 23.4 Å². The van der Waals surface area contributed by atoms with Crippen LogP contribution in [0.25, 0.3) is 11.0 Å². The van der Waals surface area contributed by atoms with Crippen LogP contribution >= 0.6 is 22.9 Å². The van der Waals surface area contributed by atoms with Crippen molar-refractivity contribution < 1.29 is 0 Å². The van der Waals surface area contributed by atoms with Crippen molar-refractivity contribution in [3.8, 4) is 0 Å². The SMILES string of the molecule is CCc1cnc(Cn2c(CCCl)nc3cc(C)ccc32)s1. The first-order valence-corrected chi connectivity index (χ1v) is 8.51. The zero-order valence-electron chi connectivity index (χ0n) is 12.3. The fraction of sp³-hybridized carbons (Fsp3) is 0.375. The highest BCUT2D eigenvalue weighted by atomic mass is 35.5. The molecule has 0 atom stereocenters. The van der Waals surface area contributed by atoms with Gasteiger partial charge in [0.1, 0.15) is 10.8 Å². The van der Waals surface area contributed by atoms with E-state index in [1.807, 2.05) is 6.20 Å². The lowest BCUT2D eigenvalue weighted by Gasteiger charge is -2.06. The van der Waals surface area contributed by atoms with Crippen LogP contribution in [-0.4, -0.2) is 20.4 Å². The minimum atomic E-state index is 0.584. The number of imidazole rings is 1. The Morgan fingerprint density at radius 1 is 1.33 bits per heavy atom. The summed E-state index contributed by atoms with van der Waals surface area (Å²) in [5.74, 6) is 1.62. The first-order valence-electron chi connectivity index (χ1n) is 7.16. The Kier molecular flexibility index (Phi) is 4.27. The summed E-state index contributed by atoms with van der Waals surface area (Å²) in [5.41, 5.74) is 3.43. The van der Waals surface area contributed by atoms with Crippen molar-refractivity contribution in [1.82, 2.24) is 14.5 Å². The van der Waals surface area contributed by atoms with E-state index < -0.39 is 0 Å². The molecule has 0 aliphatic carbocycles. The smallest absolute Gasteiger partial charge is 0.113 e. The van der Waals surface area contributed by atoms with Gasteiger partial charge in [0.25, 0.3) is 0 Å². The van der Waals surface area contributed by atoms with E-state index in [0.717, 1.165) is 41.3 Å². The Labute approximate surface area is 133 Å². The summed E-state index contributed by atoms with van der Waals surface area (Å²) in [4.78, 5) is 10.6. The highest BCUT2D eigenvalue weighted by Gasteiger charge is 2.12. The van der Waals surface area contributed by atoms with Gasteiger partial charge in [-0.1, -0.05) is 13.0 Å². The first kappa shape index (κ1) is 14.5. The molecule has 0 saturated heterocycles. The number of aryl methyl sites for hydroxylation is 3. The summed E-state index contributed by atoms with van der Waals surface area (Å²) in [6.07, 6.45) is 3.79. The number of benzene rings is 1. The van der Waals surface area contributed by atoms with E-state index in [1.54, 1.807) is 11.3 Å². The van der Waals surface area contributed by atoms with E-state index in [9.17, 15) is 0 Å². The molecule has 0 bridgehead atoms. The summed E-state index contributed by atoms with van der Waals surface area (Å²) in [7, 11) is 0. The first-order chi connectivity index (χ1) is 10.2. The van der Waals surface area contributed by atoms with Crippen LogP contribution in [0.5, 0.6) is 0 Å². The second kappa shape index (κ2) is 6.16. The van der Waals surface area contributed by atoms with Crippen LogP contribution < -0.4 is 0 Å². The highest BCUT2D eigenvalue weighted by Crippen LogP contribution is 2.22. The molecule has 1 aromatic carbocycles. The molecule has 2 heterocycles. The average Bonchev–Trinajstić information content (AvgIpc) is 3.05. The minimum Gasteiger partial charge on any atom is -0.321 e. The Morgan fingerprint density at radius 2 is 2.19 bits per heavy atom. The van der Waals surface area contributed by atoms with Crippen LogP contribution in [0, 0.1) is 6.92 Å². The number of fused-ring (bicyclic) bond motifs is 1. The van der Waals surface area contributed by atoms with Crippen molar-refractivity contribution in [2.24, 2.45) is 0 Å². The number of halogens is 1. The van der Waals surface area contributed by atoms with Crippen molar-refractivity contribution in [2.45, 2.75) is 33.2 Å². The van der Waals surface area contributed by atoms with Crippen LogP contribution in [0.3, 0.4) is 0 Å². The zero-order valence-corrected chi connectivity index (χ0v) is 13.8. The summed E-state index contributed by atoms with van der Waals surface area (Å²) in [5, 5.41) is 1.13. The van der Waals surface area contributed by atoms with Gasteiger partial charge in [-0.2, -0.15) is 0 Å². The lowest BCUT2D eigenvalue weighted by atomic mass is 10.2. The van der Waals surface area contributed by atoms with Gasteiger partial charge < -0.3 is 4.57 Å². The van der Waals surface area contributed by atoms with Crippen LogP contribution in [0.2, 0.25) is 0 Å². The molecule has 3 rings (SSSR count). The largest absolute Gasteiger partial charge is 0.321 e. The topological polar surface area (TPSA) is 30.7 Å². The number of hydrogen-bond donors (Lipinski definition) is 0. The predicted octanol–water partition coefficient (Wildman–Crippen LogP) is 4.19. The number of rotatable bonds is 5. The average molecular weight is 320 g/mol. The van der Waals surface area contributed by atoms with E-state index >= 15 is 0 Å². The highest BCUT2D eigenvalue weighted by molar-refractivity contribution is 7.11. The Balaban J connectivity index is 2.03. The molecule has 0 N–H and O–H groups in total. The number of hydrogen-bond acceptors (Lipinski definition) is 3. The van der Waals surface area contributed by atoms with Crippen LogP contribution in [0.4, 0.5) is 0 Å². The van der Waals surface area contributed by atoms with Crippen LogP contribution in [0.1, 0.15) is 28.2 Å². The van der Waals surface area contributed by atoms with Crippen molar-refractivity contribution in [1.29, 1.82) is 0 Å². The molecule has 21 heavy (non-hydrogen) atoms. The standard InChI is InChI=1S/C16H18ClN3S/c1-3-12-9-18-16(21-12)10-20-14-5-4-11(2)8-13(14)19-15(20)6-7-17/h4-5,8-9H,3,6-7,10H2,1-2H3. The van der Waals surface area contributed by atoms with E-state index in [4.69, 9.17) is 16.6 Å². The van der Waals surface area contributed by atoms with Crippen molar-refractivity contribution >= 4 is 34.0 Å². The molecule has 5 heteroatoms. The van der Waals surface area contributed by atoms with Gasteiger partial charge in [0.15, 0.2) is 0 Å². The molecule has 0 saturated carbocycles. The molecule has 3 aromatic rings. The van der Waals surface area contributed by atoms with E-state index in [1.165, 1.54) is 10.4 Å². The van der Waals surface area contributed by atoms with Gasteiger partial charge in [-0.15, -0.1) is 22.9 Å². The molecule has 0 fully saturated rings. The fourth-order valence-corrected chi connectivity index (χ4v) is 3.48. The third-order valence-corrected chi connectivity index (χ3v) is 4.86. The third kappa shape index (κ3) is 2.97. The van der Waals surface area contributed by atoms with Gasteiger partial charge >= 0.3 is 0 Å². The van der Waals surface area contributed by atoms with Gasteiger partial charge in [0.2, 0.25) is 0 Å². The number of nitrogens with zero attached hydrogens (tertiary/aromatic N) is 3. The molecular formula is C16H18ClN3S. The van der Waals surface area contributed by atoms with Gasteiger partial charge in [-0.3, -0.25) is 0 Å². The molecule has 2 aromatic heterocycles. The number of aromatic nitrogens is 3. The minimum absolute atomic E-state index is 0.584. The second-order valence-electron chi connectivity index (χ2n) is 5.12. The molecular weight excluding hydrogens is 302 g/mol. The maximum absolute atomic E-state index is 5.93. The summed E-state index contributed by atoms with van der Waals surface area (Å²) < 4.78 is 2.25. The molecule has 0 aliphatic heterocycles. The Bertz CT molecular complexity index is 760. The maximum Gasteiger partial charge on any atom is 0.113 e. The lowest BCUT2D eigenvalue weighted by Crippen LogP contribution is -2.05. The molecule has 0 aliphatic rings. The molecule has 3 nitrogen and oxygen atoms in total. The normalized spacial score (nSPS) is 11.4. The predicted molar refractivity (Wildman–Crippen MR) is 89.5 cm³/mol. The van der Waals surface area contributed by atoms with Gasteiger partial charge in [-0.25, -0.2) is 9.97 Å². The Morgan fingerprint density at radius 3 is 2.90 bits per heavy atom. The molecule has 110 valence electrons. The van der Waals surface area contributed by atoms with Crippen LogP contribution in [0.15, 0.2) is 24.4 Å². The monoisotopic (exact) mass is 319 g/mol. The van der Waals surface area contributed by atoms with E-state index in [0.29, 0.717) is 5.88 Å². The second-order valence-corrected chi connectivity index (χ2v) is 6.70. The van der Waals surface area contributed by atoms with Gasteiger partial charge in [0.05, 0.1) is 17.6 Å². The van der Waals surface area contributed by atoms with Crippen LogP contribution in [-0.2, 0) is 19.4 Å². The van der Waals surface area contributed by atoms with Crippen molar-refractivity contribution in [3.05, 3.63) is 45.7 Å². The third-order valence-electron chi connectivity index (χ3n) is 3.54. The number of alkyl halides is 1. The van der Waals surface area contributed by atoms with E-state index in [2.05, 4.69) is 41.6 Å². The quantitative estimate of drug-likeness (QED) is 0.660. The lowest BCUT2D eigenvalue weighted by molar-refractivity contribution is 0.750. The Hall–Kier alpha value is -1.39. The van der Waals surface area contributed by atoms with E-state index in [-0.39, 0.29) is 0 Å². The number of thiazole rings is 1. The zero-order chi connectivity index (χ0) is 14.8. The molecule has 0 spiro atoms. The van der Waals surface area contributed by atoms with Crippen molar-refractivity contribution in [2.75, 3.05) is 5.88 Å². The molecule has 0 radical (unpaired) electrons. The summed E-state index contributed by atoms with van der Waals surface area (Å²) in [6, 6.07) is 6.40. The van der Waals surface area contributed by atoms with Gasteiger partial charge in [-0.05, 0) is 31.0 Å².